The van der Waals surface area contributed by atoms with Crippen molar-refractivity contribution in [1.29, 1.82) is 0 Å². The third kappa shape index (κ3) is 5.07. The number of alkyl halides is 3. The predicted octanol–water partition coefficient (Wildman–Crippen LogP) is 1.33. The number of rotatable bonds is 6. The molecule has 0 unspecified atom stereocenters. The number of carbonyl (C=O) groups excluding carboxylic acids is 4. The summed E-state index contributed by atoms with van der Waals surface area (Å²) in [6.45, 7) is 13.6. The lowest BCUT2D eigenvalue weighted by Gasteiger charge is -2.38. The van der Waals surface area contributed by atoms with Crippen molar-refractivity contribution in [3.05, 3.63) is 12.7 Å². The van der Waals surface area contributed by atoms with Gasteiger partial charge in [0.05, 0.1) is 6.17 Å². The van der Waals surface area contributed by atoms with Gasteiger partial charge < -0.3 is 20.9 Å². The van der Waals surface area contributed by atoms with Gasteiger partial charge in [0.2, 0.25) is 17.7 Å². The fraction of sp³-hybridized carbons (Fsp3) is 0.714. The molecule has 180 valence electrons. The van der Waals surface area contributed by atoms with Gasteiger partial charge in [0.25, 0.3) is 0 Å². The molecule has 0 aromatic carbocycles. The summed E-state index contributed by atoms with van der Waals surface area (Å²) in [5.74, 6) is -4.17. The van der Waals surface area contributed by atoms with Crippen LogP contribution in [0.2, 0.25) is 0 Å². The van der Waals surface area contributed by atoms with Gasteiger partial charge in [0.1, 0.15) is 12.1 Å². The lowest BCUT2D eigenvalue weighted by molar-refractivity contribution is -0.176. The first kappa shape index (κ1) is 25.7. The molecule has 1 heterocycles. The summed E-state index contributed by atoms with van der Waals surface area (Å²) in [5.41, 5.74) is -1.26. The second-order valence-corrected chi connectivity index (χ2v) is 10.1. The van der Waals surface area contributed by atoms with Crippen molar-refractivity contribution in [2.45, 2.75) is 66.0 Å². The molecule has 2 aliphatic rings. The number of halogens is 3. The third-order valence-electron chi connectivity index (χ3n) is 6.31. The largest absolute Gasteiger partial charge is 0.471 e. The molecule has 1 aliphatic heterocycles. The molecular weight excluding hydrogens is 429 g/mol. The fourth-order valence-corrected chi connectivity index (χ4v) is 4.45. The maximum absolute atomic E-state index is 13.3. The lowest BCUT2D eigenvalue weighted by Crippen LogP contribution is -2.61. The number of hydrogen-bond acceptors (Lipinski definition) is 4. The second kappa shape index (κ2) is 8.40. The number of nitrogens with one attached hydrogen (secondary N) is 3. The van der Waals surface area contributed by atoms with Gasteiger partial charge in [-0.1, -0.05) is 41.2 Å². The van der Waals surface area contributed by atoms with Gasteiger partial charge in [-0.2, -0.15) is 13.2 Å². The zero-order valence-corrected chi connectivity index (χ0v) is 19.1. The highest BCUT2D eigenvalue weighted by atomic mass is 19.4. The summed E-state index contributed by atoms with van der Waals surface area (Å²) < 4.78 is 38.5. The predicted molar refractivity (Wildman–Crippen MR) is 110 cm³/mol. The van der Waals surface area contributed by atoms with Crippen molar-refractivity contribution in [3.8, 4) is 0 Å². The van der Waals surface area contributed by atoms with E-state index in [1.54, 1.807) is 5.32 Å². The molecule has 1 saturated heterocycles. The Morgan fingerprint density at radius 3 is 2.12 bits per heavy atom. The maximum atomic E-state index is 13.3. The van der Waals surface area contributed by atoms with Crippen LogP contribution in [0.5, 0.6) is 0 Å². The quantitative estimate of drug-likeness (QED) is 0.411. The second-order valence-electron chi connectivity index (χ2n) is 10.1. The first-order valence-electron chi connectivity index (χ1n) is 10.3. The van der Waals surface area contributed by atoms with Crippen LogP contribution in [0.25, 0.3) is 0 Å². The van der Waals surface area contributed by atoms with Crippen LogP contribution in [-0.2, 0) is 19.2 Å². The van der Waals surface area contributed by atoms with Gasteiger partial charge >= 0.3 is 12.1 Å². The van der Waals surface area contributed by atoms with E-state index in [4.69, 9.17) is 0 Å². The molecule has 0 aromatic rings. The number of likely N-dealkylation sites (tertiary alicyclic amines) is 1. The van der Waals surface area contributed by atoms with Crippen molar-refractivity contribution in [1.82, 2.24) is 20.9 Å². The Labute approximate surface area is 185 Å². The molecule has 0 radical (unpaired) electrons. The molecule has 0 bridgehead atoms. The normalized spacial score (nSPS) is 25.8. The van der Waals surface area contributed by atoms with Gasteiger partial charge in [-0.3, -0.25) is 19.2 Å². The van der Waals surface area contributed by atoms with E-state index in [0.29, 0.717) is 0 Å². The lowest BCUT2D eigenvalue weighted by atomic mass is 9.85. The van der Waals surface area contributed by atoms with Gasteiger partial charge in [0.15, 0.2) is 0 Å². The van der Waals surface area contributed by atoms with Crippen LogP contribution in [0.15, 0.2) is 12.7 Å². The van der Waals surface area contributed by atoms with E-state index in [1.807, 2.05) is 13.8 Å². The maximum Gasteiger partial charge on any atom is 0.471 e. The van der Waals surface area contributed by atoms with E-state index < -0.39 is 53.5 Å². The van der Waals surface area contributed by atoms with Crippen molar-refractivity contribution in [3.63, 3.8) is 0 Å². The molecule has 4 amide bonds. The third-order valence-corrected chi connectivity index (χ3v) is 6.31. The standard InChI is InChI=1S/C21H31F3N4O4/c1-8-12(29)25-10(2)26-16(30)14-13-11(20(13,6)7)9-28(14)17(31)15(19(3,4)5)27-18(32)21(22,23)24/h8,10-11,13-15H,1,9H2,2-7H3,(H,25,29)(H,26,30)(H,27,32)/t10-,11-,13-,14-,15+/m0/s1. The number of hydrogen-bond donors (Lipinski definition) is 3. The van der Waals surface area contributed by atoms with Crippen LogP contribution < -0.4 is 16.0 Å². The zero-order chi connectivity index (χ0) is 24.8. The average molecular weight is 460 g/mol. The van der Waals surface area contributed by atoms with Gasteiger partial charge in [0, 0.05) is 6.54 Å². The van der Waals surface area contributed by atoms with Crippen molar-refractivity contribution >= 4 is 23.6 Å². The molecule has 3 N–H and O–H groups in total. The van der Waals surface area contributed by atoms with Crippen LogP contribution in [0.1, 0.15) is 41.5 Å². The van der Waals surface area contributed by atoms with Crippen LogP contribution in [0, 0.1) is 22.7 Å². The Morgan fingerprint density at radius 1 is 1.09 bits per heavy atom. The van der Waals surface area contributed by atoms with E-state index >= 15 is 0 Å². The molecule has 8 nitrogen and oxygen atoms in total. The molecule has 11 heteroatoms. The Kier molecular flexibility index (Phi) is 6.74. The number of nitrogens with zero attached hydrogens (tertiary/aromatic N) is 1. The number of carbonyl (C=O) groups is 4. The molecule has 0 aromatic heterocycles. The first-order valence-corrected chi connectivity index (χ1v) is 10.3. The SMILES string of the molecule is C=CC(=O)N[C@H](C)NC(=O)[C@@H]1[C@@H]2[C@H](CN1C(=O)[C@@H](NC(=O)C(F)(F)F)C(C)(C)C)C2(C)C. The Morgan fingerprint density at radius 2 is 1.66 bits per heavy atom. The molecule has 1 aliphatic carbocycles. The van der Waals surface area contributed by atoms with E-state index in [0.717, 1.165) is 6.08 Å². The minimum absolute atomic E-state index is 0.000733. The molecule has 2 fully saturated rings. The summed E-state index contributed by atoms with van der Waals surface area (Å²) in [7, 11) is 0. The Hall–Kier alpha value is -2.59. The van der Waals surface area contributed by atoms with Crippen molar-refractivity contribution < 1.29 is 32.3 Å². The first-order chi connectivity index (χ1) is 14.4. The fourth-order valence-electron chi connectivity index (χ4n) is 4.45. The average Bonchev–Trinajstić information content (AvgIpc) is 3.00. The highest BCUT2D eigenvalue weighted by Gasteiger charge is 2.69. The van der Waals surface area contributed by atoms with Gasteiger partial charge in [-0.15, -0.1) is 0 Å². The van der Waals surface area contributed by atoms with Crippen LogP contribution in [0.4, 0.5) is 13.2 Å². The van der Waals surface area contributed by atoms with E-state index in [-0.39, 0.29) is 23.8 Å². The number of piperidine rings is 1. The summed E-state index contributed by atoms with van der Waals surface area (Å²) in [4.78, 5) is 50.7. The number of fused-ring (bicyclic) bond motifs is 1. The van der Waals surface area contributed by atoms with Crippen LogP contribution >= 0.6 is 0 Å². The smallest absolute Gasteiger partial charge is 0.336 e. The molecule has 1 saturated carbocycles. The summed E-state index contributed by atoms with van der Waals surface area (Å²) in [5, 5.41) is 6.93. The van der Waals surface area contributed by atoms with Crippen LogP contribution in [-0.4, -0.2) is 59.5 Å². The Bertz CT molecular complexity index is 819. The minimum atomic E-state index is -5.14. The summed E-state index contributed by atoms with van der Waals surface area (Å²) >= 11 is 0. The number of amides is 4. The zero-order valence-electron chi connectivity index (χ0n) is 19.1. The molecule has 0 spiro atoms. The molecule has 2 rings (SSSR count). The van der Waals surface area contributed by atoms with E-state index in [1.165, 1.54) is 32.6 Å². The highest BCUT2D eigenvalue weighted by molar-refractivity contribution is 5.95. The van der Waals surface area contributed by atoms with E-state index in [2.05, 4.69) is 17.2 Å². The topological polar surface area (TPSA) is 108 Å². The van der Waals surface area contributed by atoms with Crippen molar-refractivity contribution in [2.75, 3.05) is 6.54 Å². The van der Waals surface area contributed by atoms with Gasteiger partial charge in [-0.25, -0.2) is 0 Å². The highest BCUT2D eigenvalue weighted by Crippen LogP contribution is 2.65. The summed E-state index contributed by atoms with van der Waals surface area (Å²) in [6, 6.07) is -2.41. The minimum Gasteiger partial charge on any atom is -0.336 e. The molecular formula is C21H31F3N4O4. The van der Waals surface area contributed by atoms with Crippen LogP contribution in [0.3, 0.4) is 0 Å². The molecule has 5 atom stereocenters. The van der Waals surface area contributed by atoms with E-state index in [9.17, 15) is 32.3 Å². The Balaban J connectivity index is 2.27. The van der Waals surface area contributed by atoms with Gasteiger partial charge in [-0.05, 0) is 35.7 Å². The molecule has 32 heavy (non-hydrogen) atoms. The monoisotopic (exact) mass is 460 g/mol. The van der Waals surface area contributed by atoms with Crippen molar-refractivity contribution in [2.24, 2.45) is 22.7 Å². The summed E-state index contributed by atoms with van der Waals surface area (Å²) in [6.07, 6.45) is -4.85.